The van der Waals surface area contributed by atoms with Crippen molar-refractivity contribution in [2.24, 2.45) is 0 Å². The minimum Gasteiger partial charge on any atom is -0.488 e. The summed E-state index contributed by atoms with van der Waals surface area (Å²) in [6.07, 6.45) is 6.97. The number of ether oxygens (including phenoxy) is 1. The lowest BCUT2D eigenvalue weighted by molar-refractivity contribution is -0.904. The molecule has 0 radical (unpaired) electrons. The average molecular weight is 608 g/mol. The minimum absolute atomic E-state index is 0.140. The van der Waals surface area contributed by atoms with Gasteiger partial charge in [0.25, 0.3) is 5.91 Å². The first kappa shape index (κ1) is 28.8. The topological polar surface area (TPSA) is 85.9 Å². The van der Waals surface area contributed by atoms with Crippen molar-refractivity contribution in [3.05, 3.63) is 89.3 Å². The van der Waals surface area contributed by atoms with Crippen LogP contribution in [0.25, 0.3) is 27.9 Å². The van der Waals surface area contributed by atoms with Gasteiger partial charge in [0.05, 0.1) is 24.2 Å². The molecule has 5 heterocycles. The van der Waals surface area contributed by atoms with Gasteiger partial charge in [0, 0.05) is 41.5 Å². The summed E-state index contributed by atoms with van der Waals surface area (Å²) in [5, 5.41) is 8.24. The predicted molar refractivity (Wildman–Crippen MR) is 157 cm³/mol. The summed E-state index contributed by atoms with van der Waals surface area (Å²) in [6, 6.07) is 9.94. The average Bonchev–Trinajstić information content (AvgIpc) is 3.68. The molecule has 0 saturated carbocycles. The summed E-state index contributed by atoms with van der Waals surface area (Å²) in [7, 11) is 0. The Morgan fingerprint density at radius 2 is 1.86 bits per heavy atom. The van der Waals surface area contributed by atoms with Crippen LogP contribution >= 0.6 is 11.3 Å². The number of likely N-dealkylation sites (tertiary alicyclic amines) is 1. The maximum Gasteiger partial charge on any atom is 0.412 e. The van der Waals surface area contributed by atoms with Gasteiger partial charge < -0.3 is 15.0 Å². The van der Waals surface area contributed by atoms with Gasteiger partial charge in [-0.3, -0.25) is 9.78 Å². The van der Waals surface area contributed by atoms with Crippen LogP contribution in [0.4, 0.5) is 13.2 Å². The Morgan fingerprint density at radius 1 is 1.05 bits per heavy atom. The number of carbonyl (C=O) groups is 1. The van der Waals surface area contributed by atoms with E-state index in [1.165, 1.54) is 50.7 Å². The highest BCUT2D eigenvalue weighted by atomic mass is 32.1. The number of hydrogen-bond donors (Lipinski definition) is 2. The van der Waals surface area contributed by atoms with E-state index in [0.29, 0.717) is 23.4 Å². The second-order valence-corrected chi connectivity index (χ2v) is 11.4. The molecule has 1 aromatic carbocycles. The predicted octanol–water partition coefficient (Wildman–Crippen LogP) is 5.00. The van der Waals surface area contributed by atoms with E-state index < -0.39 is 18.1 Å². The van der Waals surface area contributed by atoms with E-state index in [-0.39, 0.29) is 10.4 Å². The number of carbonyl (C=O) groups excluding carboxylic acids is 1. The Morgan fingerprint density at radius 3 is 2.60 bits per heavy atom. The SMILES string of the molecule is O=C(NC(c1cccnc1)C(F)(F)F)c1cc(-c2cnn3cc(-c4ccc(OCC[NH+]5CCCCC5)cc4)cnc23)cs1. The van der Waals surface area contributed by atoms with Crippen LogP contribution in [-0.2, 0) is 0 Å². The second kappa shape index (κ2) is 12.5. The smallest absolute Gasteiger partial charge is 0.412 e. The van der Waals surface area contributed by atoms with Gasteiger partial charge >= 0.3 is 6.18 Å². The van der Waals surface area contributed by atoms with Gasteiger partial charge in [-0.2, -0.15) is 18.3 Å². The molecule has 1 saturated heterocycles. The fourth-order valence-corrected chi connectivity index (χ4v) is 6.10. The zero-order valence-electron chi connectivity index (χ0n) is 23.2. The van der Waals surface area contributed by atoms with Gasteiger partial charge in [-0.15, -0.1) is 11.3 Å². The molecule has 1 unspecified atom stereocenters. The van der Waals surface area contributed by atoms with Crippen LogP contribution in [0.15, 0.2) is 78.8 Å². The third kappa shape index (κ3) is 6.70. The molecule has 1 fully saturated rings. The molecule has 0 bridgehead atoms. The molecule has 4 aromatic heterocycles. The summed E-state index contributed by atoms with van der Waals surface area (Å²) in [5.74, 6) is 0.00387. The molecule has 5 aromatic rings. The highest BCUT2D eigenvalue weighted by Crippen LogP contribution is 2.34. The van der Waals surface area contributed by atoms with Crippen molar-refractivity contribution < 1.29 is 27.6 Å². The van der Waals surface area contributed by atoms with Crippen LogP contribution < -0.4 is 15.0 Å². The number of nitrogens with zero attached hydrogens (tertiary/aromatic N) is 4. The Hall–Kier alpha value is -4.29. The lowest BCUT2D eigenvalue weighted by Crippen LogP contribution is -3.13. The van der Waals surface area contributed by atoms with Crippen LogP contribution in [0.3, 0.4) is 0 Å². The van der Waals surface area contributed by atoms with E-state index in [4.69, 9.17) is 4.74 Å². The molecular weight excluding hydrogens is 577 g/mol. The van der Waals surface area contributed by atoms with Gasteiger partial charge in [-0.25, -0.2) is 9.50 Å². The first-order chi connectivity index (χ1) is 20.8. The number of halogens is 3. The summed E-state index contributed by atoms with van der Waals surface area (Å²) in [5.41, 5.74) is 3.56. The third-order valence-electron chi connectivity index (χ3n) is 7.58. The van der Waals surface area contributed by atoms with E-state index in [1.807, 2.05) is 30.5 Å². The van der Waals surface area contributed by atoms with Crippen molar-refractivity contribution in [2.75, 3.05) is 26.2 Å². The number of rotatable bonds is 9. The molecule has 1 amide bonds. The number of hydrogen-bond acceptors (Lipinski definition) is 6. The monoisotopic (exact) mass is 607 g/mol. The molecule has 1 aliphatic rings. The second-order valence-electron chi connectivity index (χ2n) is 10.5. The number of thiophene rings is 1. The highest BCUT2D eigenvalue weighted by molar-refractivity contribution is 7.12. The zero-order chi connectivity index (χ0) is 29.8. The van der Waals surface area contributed by atoms with Crippen molar-refractivity contribution in [1.82, 2.24) is 24.9 Å². The number of nitrogens with one attached hydrogen (secondary N) is 2. The summed E-state index contributed by atoms with van der Waals surface area (Å²) >= 11 is 1.05. The quantitative estimate of drug-likeness (QED) is 0.246. The van der Waals surface area contributed by atoms with Crippen LogP contribution in [0, 0.1) is 0 Å². The van der Waals surface area contributed by atoms with E-state index in [1.54, 1.807) is 33.3 Å². The molecule has 1 aliphatic heterocycles. The number of alkyl halides is 3. The molecule has 6 rings (SSSR count). The van der Waals surface area contributed by atoms with Gasteiger partial charge in [0.2, 0.25) is 0 Å². The highest BCUT2D eigenvalue weighted by Gasteiger charge is 2.42. The van der Waals surface area contributed by atoms with E-state index in [2.05, 4.69) is 20.4 Å². The fourth-order valence-electron chi connectivity index (χ4n) is 5.29. The van der Waals surface area contributed by atoms with Crippen molar-refractivity contribution in [1.29, 1.82) is 0 Å². The summed E-state index contributed by atoms with van der Waals surface area (Å²) < 4.78 is 48.7. The lowest BCUT2D eigenvalue weighted by Gasteiger charge is -2.23. The van der Waals surface area contributed by atoms with Crippen LogP contribution in [-0.4, -0.2) is 57.9 Å². The van der Waals surface area contributed by atoms with E-state index in [9.17, 15) is 18.0 Å². The molecular formula is C31H30F3N6O2S+. The zero-order valence-corrected chi connectivity index (χ0v) is 24.0. The lowest BCUT2D eigenvalue weighted by atomic mass is 10.1. The molecule has 222 valence electrons. The Balaban J connectivity index is 1.13. The van der Waals surface area contributed by atoms with E-state index >= 15 is 0 Å². The molecule has 0 spiro atoms. The summed E-state index contributed by atoms with van der Waals surface area (Å²) in [4.78, 5) is 22.9. The Bertz CT molecular complexity index is 1680. The molecule has 1 atom stereocenters. The van der Waals surface area contributed by atoms with Crippen LogP contribution in [0.1, 0.15) is 40.5 Å². The number of piperidine rings is 1. The number of quaternary nitrogens is 1. The van der Waals surface area contributed by atoms with E-state index in [0.717, 1.165) is 41.0 Å². The van der Waals surface area contributed by atoms with Gasteiger partial charge in [-0.1, -0.05) is 18.2 Å². The molecule has 43 heavy (non-hydrogen) atoms. The van der Waals surface area contributed by atoms with Gasteiger partial charge in [0.1, 0.15) is 18.9 Å². The molecule has 2 N–H and O–H groups in total. The first-order valence-electron chi connectivity index (χ1n) is 14.1. The molecule has 8 nitrogen and oxygen atoms in total. The number of amides is 1. The molecule has 12 heteroatoms. The van der Waals surface area contributed by atoms with Crippen molar-refractivity contribution >= 4 is 22.9 Å². The molecule has 0 aliphatic carbocycles. The van der Waals surface area contributed by atoms with Gasteiger partial charge in [0.15, 0.2) is 11.7 Å². The minimum atomic E-state index is -4.68. The Kier molecular flexibility index (Phi) is 8.39. The largest absolute Gasteiger partial charge is 0.488 e. The van der Waals surface area contributed by atoms with Crippen molar-refractivity contribution in [3.63, 3.8) is 0 Å². The van der Waals surface area contributed by atoms with Crippen LogP contribution in [0.2, 0.25) is 0 Å². The maximum atomic E-state index is 13.7. The fraction of sp³-hybridized carbons (Fsp3) is 0.290. The maximum absolute atomic E-state index is 13.7. The third-order valence-corrected chi connectivity index (χ3v) is 8.51. The standard InChI is InChI=1S/C31H29F3N6O2S/c32-31(33,34)28(22-5-4-10-35-16-22)38-30(41)27-15-23(20-43-27)26-18-37-40-19-24(17-36-29(26)40)21-6-8-25(9-7-21)42-14-13-39-11-2-1-3-12-39/h4-10,15-20,28H,1-3,11-14H2,(H,38,41)/p+1. The number of benzene rings is 1. The van der Waals surface area contributed by atoms with Crippen LogP contribution in [0.5, 0.6) is 5.75 Å². The first-order valence-corrected chi connectivity index (χ1v) is 15.0. The van der Waals surface area contributed by atoms with Crippen molar-refractivity contribution in [2.45, 2.75) is 31.5 Å². The number of aromatic nitrogens is 4. The summed E-state index contributed by atoms with van der Waals surface area (Å²) in [6.45, 7) is 4.16. The Labute approximate surface area is 250 Å². The van der Waals surface area contributed by atoms with Crippen molar-refractivity contribution in [3.8, 4) is 28.0 Å². The number of fused-ring (bicyclic) bond motifs is 1. The number of pyridine rings is 1. The van der Waals surface area contributed by atoms with Gasteiger partial charge in [-0.05, 0) is 60.0 Å². The normalized spacial score (nSPS) is 15.0.